The van der Waals surface area contributed by atoms with Gasteiger partial charge in [-0.3, -0.25) is 10.1 Å². The highest BCUT2D eigenvalue weighted by molar-refractivity contribution is 6.07. The van der Waals surface area contributed by atoms with Gasteiger partial charge in [-0.15, -0.1) is 10.2 Å². The van der Waals surface area contributed by atoms with Crippen molar-refractivity contribution in [3.8, 4) is 11.3 Å². The molecule has 0 atom stereocenters. The van der Waals surface area contributed by atoms with E-state index in [1.165, 1.54) is 6.07 Å². The zero-order chi connectivity index (χ0) is 22.1. The molecule has 162 valence electrons. The second kappa shape index (κ2) is 7.88. The number of pyridine rings is 1. The predicted molar refractivity (Wildman–Crippen MR) is 120 cm³/mol. The van der Waals surface area contributed by atoms with Crippen LogP contribution in [0.5, 0.6) is 0 Å². The summed E-state index contributed by atoms with van der Waals surface area (Å²) in [6.07, 6.45) is 4.48. The quantitative estimate of drug-likeness (QED) is 0.159. The molecule has 1 fully saturated rings. The molecule has 32 heavy (non-hydrogen) atoms. The normalized spacial score (nSPS) is 15.5. The Labute approximate surface area is 183 Å². The zero-order valence-corrected chi connectivity index (χ0v) is 17.2. The molecule has 3 aromatic heterocycles. The summed E-state index contributed by atoms with van der Waals surface area (Å²) in [5.74, 6) is 5.81. The van der Waals surface area contributed by atoms with E-state index >= 15 is 0 Å². The van der Waals surface area contributed by atoms with E-state index in [-0.39, 0.29) is 17.1 Å². The number of rotatable bonds is 6. The Morgan fingerprint density at radius 3 is 2.75 bits per heavy atom. The largest absolute Gasteiger partial charge is 0.380 e. The van der Waals surface area contributed by atoms with Crippen molar-refractivity contribution in [2.75, 3.05) is 11.9 Å². The first-order valence-electron chi connectivity index (χ1n) is 10.3. The van der Waals surface area contributed by atoms with Gasteiger partial charge in [-0.05, 0) is 49.2 Å². The van der Waals surface area contributed by atoms with Crippen LogP contribution in [0.15, 0.2) is 53.8 Å². The number of nitrogens with one attached hydrogen (secondary N) is 2. The topological polar surface area (TPSA) is 144 Å². The van der Waals surface area contributed by atoms with Crippen LogP contribution in [-0.2, 0) is 5.41 Å². The van der Waals surface area contributed by atoms with Crippen molar-refractivity contribution in [1.29, 1.82) is 0 Å². The first-order chi connectivity index (χ1) is 15.6. The highest BCUT2D eigenvalue weighted by Crippen LogP contribution is 2.43. The molecule has 0 radical (unpaired) electrons. The van der Waals surface area contributed by atoms with Gasteiger partial charge in [0.05, 0.1) is 16.9 Å². The first-order valence-corrected chi connectivity index (χ1v) is 10.3. The summed E-state index contributed by atoms with van der Waals surface area (Å²) in [6, 6.07) is 12.5. The summed E-state index contributed by atoms with van der Waals surface area (Å²) in [6.45, 7) is 0.553. The third-order valence-electron chi connectivity index (χ3n) is 6.08. The zero-order valence-electron chi connectivity index (χ0n) is 17.2. The Morgan fingerprint density at radius 1 is 1.19 bits per heavy atom. The van der Waals surface area contributed by atoms with Gasteiger partial charge in [-0.25, -0.2) is 4.39 Å². The minimum atomic E-state index is -0.307. The molecule has 1 aliphatic carbocycles. The van der Waals surface area contributed by atoms with Crippen LogP contribution in [-0.4, -0.2) is 37.8 Å². The number of halogens is 1. The Balaban J connectivity index is 1.35. The minimum absolute atomic E-state index is 0.147. The van der Waals surface area contributed by atoms with E-state index in [9.17, 15) is 4.39 Å². The molecule has 6 N–H and O–H groups in total. The van der Waals surface area contributed by atoms with Gasteiger partial charge in [-0.2, -0.15) is 10.2 Å². The molecule has 3 heterocycles. The molecule has 1 aromatic carbocycles. The molecule has 0 unspecified atom stereocenters. The molecule has 9 nitrogen and oxygen atoms in total. The molecular weight excluding hydrogens is 409 g/mol. The number of H-pyrrole nitrogens is 1. The number of hydrazone groups is 1. The van der Waals surface area contributed by atoms with Crippen LogP contribution < -0.4 is 16.9 Å². The Kier molecular flexibility index (Phi) is 4.89. The summed E-state index contributed by atoms with van der Waals surface area (Å²) in [5.41, 5.74) is 8.90. The van der Waals surface area contributed by atoms with Gasteiger partial charge < -0.3 is 16.9 Å². The van der Waals surface area contributed by atoms with Crippen molar-refractivity contribution in [3.05, 3.63) is 65.9 Å². The molecule has 5 rings (SSSR count). The summed E-state index contributed by atoms with van der Waals surface area (Å²) in [4.78, 5) is 4.30. The van der Waals surface area contributed by atoms with E-state index in [0.29, 0.717) is 29.4 Å². The number of aromatic nitrogens is 5. The summed E-state index contributed by atoms with van der Waals surface area (Å²) < 4.78 is 14.3. The highest BCUT2D eigenvalue weighted by atomic mass is 19.1. The Bertz CT molecular complexity index is 1290. The third kappa shape index (κ3) is 3.39. The lowest BCUT2D eigenvalue weighted by Gasteiger charge is -2.41. The van der Waals surface area contributed by atoms with Crippen molar-refractivity contribution in [2.45, 2.75) is 24.7 Å². The number of hydrogen-bond acceptors (Lipinski definition) is 7. The standard InChI is InChI=1S/C22H22FN9/c23-15-3-1-10-26-20(15)22(8-2-9-22)12-27-18-7-6-16(29-31-18)13-4-5-17-14(11-13)19(32-30-17)21(24)28-25/h1,3-7,10-11H,2,8-9,12,25H2,(H2,24,28)(H,27,31)(H,30,32). The number of aromatic amines is 1. The monoisotopic (exact) mass is 431 g/mol. The number of benzene rings is 1. The number of fused-ring (bicyclic) bond motifs is 1. The van der Waals surface area contributed by atoms with Crippen LogP contribution in [0.3, 0.4) is 0 Å². The maximum atomic E-state index is 14.3. The lowest BCUT2D eigenvalue weighted by Crippen LogP contribution is -2.42. The average Bonchev–Trinajstić information content (AvgIpc) is 3.22. The molecule has 10 heteroatoms. The number of nitrogens with zero attached hydrogens (tertiary/aromatic N) is 5. The smallest absolute Gasteiger partial charge is 0.171 e. The maximum absolute atomic E-state index is 14.3. The third-order valence-corrected chi connectivity index (χ3v) is 6.08. The van der Waals surface area contributed by atoms with Crippen LogP contribution in [0, 0.1) is 5.82 Å². The highest BCUT2D eigenvalue weighted by Gasteiger charge is 2.41. The fourth-order valence-corrected chi connectivity index (χ4v) is 4.15. The summed E-state index contributed by atoms with van der Waals surface area (Å²) in [5, 5.41) is 23.4. The number of nitrogens with two attached hydrogens (primary N) is 2. The number of amidine groups is 1. The van der Waals surface area contributed by atoms with E-state index in [1.807, 2.05) is 30.3 Å². The van der Waals surface area contributed by atoms with Crippen molar-refractivity contribution < 1.29 is 4.39 Å². The molecular formula is C22H22FN9. The van der Waals surface area contributed by atoms with Gasteiger partial charge in [0.15, 0.2) is 5.84 Å². The van der Waals surface area contributed by atoms with Gasteiger partial charge in [-0.1, -0.05) is 12.5 Å². The predicted octanol–water partition coefficient (Wildman–Crippen LogP) is 2.67. The van der Waals surface area contributed by atoms with Crippen LogP contribution >= 0.6 is 0 Å². The van der Waals surface area contributed by atoms with E-state index in [4.69, 9.17) is 11.6 Å². The molecule has 0 amide bonds. The summed E-state index contributed by atoms with van der Waals surface area (Å²) >= 11 is 0. The van der Waals surface area contributed by atoms with E-state index in [0.717, 1.165) is 35.7 Å². The first kappa shape index (κ1) is 19.9. The molecule has 0 saturated heterocycles. The van der Waals surface area contributed by atoms with Crippen molar-refractivity contribution in [3.63, 3.8) is 0 Å². The molecule has 0 spiro atoms. The van der Waals surface area contributed by atoms with Gasteiger partial charge in [0, 0.05) is 29.1 Å². The van der Waals surface area contributed by atoms with Crippen LogP contribution in [0.4, 0.5) is 10.2 Å². The van der Waals surface area contributed by atoms with E-state index in [2.05, 4.69) is 35.8 Å². The lowest BCUT2D eigenvalue weighted by molar-refractivity contribution is 0.243. The van der Waals surface area contributed by atoms with Crippen molar-refractivity contribution in [1.82, 2.24) is 25.4 Å². The minimum Gasteiger partial charge on any atom is -0.380 e. The maximum Gasteiger partial charge on any atom is 0.171 e. The van der Waals surface area contributed by atoms with Gasteiger partial charge in [0.2, 0.25) is 0 Å². The molecule has 1 aliphatic rings. The van der Waals surface area contributed by atoms with Crippen LogP contribution in [0.1, 0.15) is 30.7 Å². The SMILES string of the molecule is NN=C(N)c1n[nH]c2ccc(-c3ccc(NCC4(c5ncccc5F)CCC4)nn3)cc12. The number of anilines is 1. The van der Waals surface area contributed by atoms with Crippen molar-refractivity contribution >= 4 is 22.6 Å². The van der Waals surface area contributed by atoms with E-state index < -0.39 is 0 Å². The molecule has 4 aromatic rings. The number of hydrogen-bond donors (Lipinski definition) is 4. The van der Waals surface area contributed by atoms with Gasteiger partial charge >= 0.3 is 0 Å². The van der Waals surface area contributed by atoms with Gasteiger partial charge in [0.1, 0.15) is 17.3 Å². The molecule has 1 saturated carbocycles. The average molecular weight is 431 g/mol. The second-order valence-corrected chi connectivity index (χ2v) is 7.97. The molecule has 0 bridgehead atoms. The van der Waals surface area contributed by atoms with Crippen molar-refractivity contribution in [2.24, 2.45) is 16.7 Å². The van der Waals surface area contributed by atoms with Crippen LogP contribution in [0.2, 0.25) is 0 Å². The summed E-state index contributed by atoms with van der Waals surface area (Å²) in [7, 11) is 0. The van der Waals surface area contributed by atoms with Crippen LogP contribution in [0.25, 0.3) is 22.2 Å². The lowest BCUT2D eigenvalue weighted by atomic mass is 9.66. The van der Waals surface area contributed by atoms with Gasteiger partial charge in [0.25, 0.3) is 0 Å². The Hall–Kier alpha value is -4.08. The molecule has 0 aliphatic heterocycles. The second-order valence-electron chi connectivity index (χ2n) is 7.97. The fourth-order valence-electron chi connectivity index (χ4n) is 4.15. The fraction of sp³-hybridized carbons (Fsp3) is 0.227. The van der Waals surface area contributed by atoms with E-state index in [1.54, 1.807) is 12.3 Å². The Morgan fingerprint density at radius 2 is 2.06 bits per heavy atom.